The third-order valence-electron chi connectivity index (χ3n) is 3.82. The van der Waals surface area contributed by atoms with Crippen LogP contribution < -0.4 is 0 Å². The lowest BCUT2D eigenvalue weighted by molar-refractivity contribution is 0.205. The summed E-state index contributed by atoms with van der Waals surface area (Å²) in [6.45, 7) is 11.1. The van der Waals surface area contributed by atoms with E-state index in [0.717, 1.165) is 12.8 Å². The average molecular weight is 268 g/mol. The Kier molecular flexibility index (Phi) is 11.3. The molecular formula is C18H36O. The zero-order valence-corrected chi connectivity index (χ0v) is 13.9. The number of hydrogen-bond donors (Lipinski definition) is 1. The van der Waals surface area contributed by atoms with Gasteiger partial charge in [-0.25, -0.2) is 0 Å². The summed E-state index contributed by atoms with van der Waals surface area (Å²) >= 11 is 0. The summed E-state index contributed by atoms with van der Waals surface area (Å²) in [7, 11) is 0. The normalized spacial score (nSPS) is 13.1. The van der Waals surface area contributed by atoms with E-state index in [1.165, 1.54) is 44.1 Å². The summed E-state index contributed by atoms with van der Waals surface area (Å²) < 4.78 is 0. The van der Waals surface area contributed by atoms with Crippen LogP contribution in [0.2, 0.25) is 0 Å². The van der Waals surface area contributed by atoms with Gasteiger partial charge in [0.15, 0.2) is 0 Å². The molecule has 0 aliphatic carbocycles. The Bertz CT molecular complexity index is 218. The molecular weight excluding hydrogens is 232 g/mol. The summed E-state index contributed by atoms with van der Waals surface area (Å²) in [5, 5.41) is 10.1. The molecule has 0 heterocycles. The molecule has 0 saturated carbocycles. The Morgan fingerprint density at radius 1 is 0.842 bits per heavy atom. The van der Waals surface area contributed by atoms with Crippen LogP contribution >= 0.6 is 0 Å². The van der Waals surface area contributed by atoms with Gasteiger partial charge in [0.2, 0.25) is 0 Å². The van der Waals surface area contributed by atoms with Gasteiger partial charge in [0.1, 0.15) is 0 Å². The van der Waals surface area contributed by atoms with Crippen LogP contribution in [0.15, 0.2) is 11.6 Å². The van der Waals surface area contributed by atoms with E-state index >= 15 is 0 Å². The molecule has 0 amide bonds. The summed E-state index contributed by atoms with van der Waals surface area (Å²) in [5.74, 6) is 1.09. The number of hydrogen-bond acceptors (Lipinski definition) is 1. The van der Waals surface area contributed by atoms with E-state index < -0.39 is 0 Å². The Morgan fingerprint density at radius 3 is 1.79 bits per heavy atom. The highest BCUT2D eigenvalue weighted by atomic mass is 16.3. The molecule has 1 nitrogen and oxygen atoms in total. The third-order valence-corrected chi connectivity index (χ3v) is 3.82. The molecule has 19 heavy (non-hydrogen) atoms. The maximum absolute atomic E-state index is 10.1. The van der Waals surface area contributed by atoms with E-state index in [4.69, 9.17) is 0 Å². The molecule has 0 aromatic rings. The first-order valence-electron chi connectivity index (χ1n) is 8.38. The van der Waals surface area contributed by atoms with Crippen LogP contribution in [0.25, 0.3) is 0 Å². The fourth-order valence-electron chi connectivity index (χ4n) is 2.67. The van der Waals surface area contributed by atoms with E-state index in [2.05, 4.69) is 40.7 Å². The standard InChI is InChI=1S/C18H36O/c1-6-7-8-9-10-11-12-13-17(19)14-18(15(2)3)16(4)5/h14-17,19H,6-13H2,1-5H3. The van der Waals surface area contributed by atoms with Crippen molar-refractivity contribution < 1.29 is 5.11 Å². The maximum Gasteiger partial charge on any atom is 0.0723 e. The van der Waals surface area contributed by atoms with Crippen LogP contribution in [-0.4, -0.2) is 11.2 Å². The van der Waals surface area contributed by atoms with Gasteiger partial charge in [0.25, 0.3) is 0 Å². The van der Waals surface area contributed by atoms with Crippen LogP contribution in [0.5, 0.6) is 0 Å². The van der Waals surface area contributed by atoms with E-state index in [1.54, 1.807) is 0 Å². The highest BCUT2D eigenvalue weighted by Crippen LogP contribution is 2.21. The smallest absolute Gasteiger partial charge is 0.0723 e. The first-order valence-corrected chi connectivity index (χ1v) is 8.38. The van der Waals surface area contributed by atoms with Gasteiger partial charge < -0.3 is 5.11 Å². The first-order chi connectivity index (χ1) is 8.99. The summed E-state index contributed by atoms with van der Waals surface area (Å²) in [6, 6.07) is 0. The molecule has 0 bridgehead atoms. The minimum absolute atomic E-state index is 0.240. The van der Waals surface area contributed by atoms with Crippen molar-refractivity contribution in [3.63, 3.8) is 0 Å². The zero-order chi connectivity index (χ0) is 14.7. The molecule has 1 atom stereocenters. The fraction of sp³-hybridized carbons (Fsp3) is 0.889. The van der Waals surface area contributed by atoms with Crippen molar-refractivity contribution in [2.45, 2.75) is 92.1 Å². The molecule has 0 aromatic heterocycles. The Balaban J connectivity index is 3.79. The number of aliphatic hydroxyl groups is 1. The summed E-state index contributed by atoms with van der Waals surface area (Å²) in [4.78, 5) is 0. The summed E-state index contributed by atoms with van der Waals surface area (Å²) in [6.07, 6.45) is 12.0. The fourth-order valence-corrected chi connectivity index (χ4v) is 2.67. The van der Waals surface area contributed by atoms with Gasteiger partial charge in [-0.1, -0.05) is 91.2 Å². The number of rotatable bonds is 11. The molecule has 1 N–H and O–H groups in total. The maximum atomic E-state index is 10.1. The first kappa shape index (κ1) is 18.7. The van der Waals surface area contributed by atoms with Crippen molar-refractivity contribution >= 4 is 0 Å². The Labute approximate surface area is 121 Å². The van der Waals surface area contributed by atoms with E-state index in [0.29, 0.717) is 11.8 Å². The van der Waals surface area contributed by atoms with Crippen LogP contribution in [-0.2, 0) is 0 Å². The lowest BCUT2D eigenvalue weighted by Gasteiger charge is -2.17. The van der Waals surface area contributed by atoms with Gasteiger partial charge >= 0.3 is 0 Å². The highest BCUT2D eigenvalue weighted by Gasteiger charge is 2.10. The summed E-state index contributed by atoms with van der Waals surface area (Å²) in [5.41, 5.74) is 1.40. The van der Waals surface area contributed by atoms with Gasteiger partial charge in [-0.2, -0.15) is 0 Å². The number of allylic oxidation sites excluding steroid dienone is 1. The predicted octanol–water partition coefficient (Wildman–Crippen LogP) is 5.73. The van der Waals surface area contributed by atoms with Crippen LogP contribution in [0.1, 0.15) is 86.0 Å². The van der Waals surface area contributed by atoms with Crippen molar-refractivity contribution in [1.29, 1.82) is 0 Å². The van der Waals surface area contributed by atoms with Crippen molar-refractivity contribution in [3.05, 3.63) is 11.6 Å². The molecule has 0 fully saturated rings. The van der Waals surface area contributed by atoms with E-state index in [1.807, 2.05) is 0 Å². The Hall–Kier alpha value is -0.300. The SMILES string of the molecule is CCCCCCCCCC(O)C=C(C(C)C)C(C)C. The zero-order valence-electron chi connectivity index (χ0n) is 13.9. The molecule has 0 spiro atoms. The third kappa shape index (κ3) is 10.2. The average Bonchev–Trinajstić information content (AvgIpc) is 2.34. The van der Waals surface area contributed by atoms with Crippen molar-refractivity contribution in [2.75, 3.05) is 0 Å². The quantitative estimate of drug-likeness (QED) is 0.375. The molecule has 0 saturated heterocycles. The van der Waals surface area contributed by atoms with Crippen LogP contribution in [0, 0.1) is 11.8 Å². The lowest BCUT2D eigenvalue weighted by Crippen LogP contribution is -2.09. The molecule has 0 aliphatic rings. The van der Waals surface area contributed by atoms with Crippen LogP contribution in [0.3, 0.4) is 0 Å². The van der Waals surface area contributed by atoms with Gasteiger partial charge in [0.05, 0.1) is 6.10 Å². The molecule has 0 radical (unpaired) electrons. The lowest BCUT2D eigenvalue weighted by atomic mass is 9.90. The molecule has 1 unspecified atom stereocenters. The highest BCUT2D eigenvalue weighted by molar-refractivity contribution is 5.09. The van der Waals surface area contributed by atoms with Crippen molar-refractivity contribution in [2.24, 2.45) is 11.8 Å². The second-order valence-corrected chi connectivity index (χ2v) is 6.45. The van der Waals surface area contributed by atoms with Crippen LogP contribution in [0.4, 0.5) is 0 Å². The van der Waals surface area contributed by atoms with Crippen molar-refractivity contribution in [1.82, 2.24) is 0 Å². The molecule has 114 valence electrons. The largest absolute Gasteiger partial charge is 0.389 e. The molecule has 1 heteroatoms. The van der Waals surface area contributed by atoms with Gasteiger partial charge in [0, 0.05) is 0 Å². The number of aliphatic hydroxyl groups excluding tert-OH is 1. The Morgan fingerprint density at radius 2 is 1.32 bits per heavy atom. The van der Waals surface area contributed by atoms with E-state index in [-0.39, 0.29) is 6.10 Å². The van der Waals surface area contributed by atoms with E-state index in [9.17, 15) is 5.11 Å². The monoisotopic (exact) mass is 268 g/mol. The predicted molar refractivity (Wildman–Crippen MR) is 86.4 cm³/mol. The minimum Gasteiger partial charge on any atom is -0.389 e. The van der Waals surface area contributed by atoms with Gasteiger partial charge in [-0.3, -0.25) is 0 Å². The van der Waals surface area contributed by atoms with Crippen molar-refractivity contribution in [3.8, 4) is 0 Å². The minimum atomic E-state index is -0.240. The molecule has 0 aliphatic heterocycles. The molecule has 0 aromatic carbocycles. The molecule has 0 rings (SSSR count). The second-order valence-electron chi connectivity index (χ2n) is 6.45. The van der Waals surface area contributed by atoms with Gasteiger partial charge in [-0.15, -0.1) is 0 Å². The number of unbranched alkanes of at least 4 members (excludes halogenated alkanes) is 6. The topological polar surface area (TPSA) is 20.2 Å². The second kappa shape index (κ2) is 11.5. The van der Waals surface area contributed by atoms with Gasteiger partial charge in [-0.05, 0) is 18.3 Å².